The summed E-state index contributed by atoms with van der Waals surface area (Å²) in [6, 6.07) is 17.8. The monoisotopic (exact) mass is 298 g/mol. The number of unbranched alkanes of at least 4 members (excludes halogenated alkanes) is 2. The van der Waals surface area contributed by atoms with Gasteiger partial charge in [-0.3, -0.25) is 0 Å². The van der Waals surface area contributed by atoms with Gasteiger partial charge in [0.1, 0.15) is 5.60 Å². The summed E-state index contributed by atoms with van der Waals surface area (Å²) < 4.78 is 0. The van der Waals surface area contributed by atoms with Crippen LogP contribution in [0, 0.1) is 0 Å². The zero-order valence-electron chi connectivity index (χ0n) is 13.3. The van der Waals surface area contributed by atoms with E-state index in [9.17, 15) is 5.11 Å². The van der Waals surface area contributed by atoms with Crippen LogP contribution < -0.4 is 11.1 Å². The lowest BCUT2D eigenvalue weighted by atomic mass is 9.88. The van der Waals surface area contributed by atoms with Gasteiger partial charge >= 0.3 is 0 Å². The van der Waals surface area contributed by atoms with Crippen molar-refractivity contribution in [1.82, 2.24) is 0 Å². The minimum atomic E-state index is -0.971. The molecule has 0 saturated carbocycles. The van der Waals surface area contributed by atoms with Gasteiger partial charge in [-0.15, -0.1) is 0 Å². The highest BCUT2D eigenvalue weighted by Crippen LogP contribution is 2.29. The Morgan fingerprint density at radius 1 is 0.909 bits per heavy atom. The number of hydrogen-bond donors (Lipinski definition) is 3. The first kappa shape index (κ1) is 16.5. The summed E-state index contributed by atoms with van der Waals surface area (Å²) in [5.41, 5.74) is 7.39. The molecule has 4 N–H and O–H groups in total. The second kappa shape index (κ2) is 7.97. The molecule has 0 amide bonds. The number of nitrogens with two attached hydrogens (primary N) is 1. The van der Waals surface area contributed by atoms with Gasteiger partial charge in [0, 0.05) is 12.2 Å². The minimum Gasteiger partial charge on any atom is -0.385 e. The van der Waals surface area contributed by atoms with Crippen molar-refractivity contribution >= 4 is 5.69 Å². The van der Waals surface area contributed by atoms with Crippen LogP contribution in [-0.4, -0.2) is 18.2 Å². The molecule has 118 valence electrons. The number of hydrogen-bond acceptors (Lipinski definition) is 3. The Morgan fingerprint density at radius 3 is 2.18 bits per heavy atom. The molecule has 0 fully saturated rings. The van der Waals surface area contributed by atoms with Gasteiger partial charge in [-0.25, -0.2) is 0 Å². The third kappa shape index (κ3) is 4.33. The molecule has 0 spiro atoms. The molecule has 22 heavy (non-hydrogen) atoms. The Labute approximate surface area is 133 Å². The van der Waals surface area contributed by atoms with Crippen LogP contribution in [0.1, 0.15) is 37.3 Å². The fourth-order valence-electron chi connectivity index (χ4n) is 2.52. The lowest BCUT2D eigenvalue weighted by Gasteiger charge is -2.24. The van der Waals surface area contributed by atoms with Gasteiger partial charge in [0.05, 0.1) is 0 Å². The van der Waals surface area contributed by atoms with Crippen LogP contribution in [0.3, 0.4) is 0 Å². The van der Waals surface area contributed by atoms with Gasteiger partial charge in [-0.2, -0.15) is 0 Å². The van der Waals surface area contributed by atoms with Crippen molar-refractivity contribution in [2.24, 2.45) is 5.73 Å². The van der Waals surface area contributed by atoms with Crippen molar-refractivity contribution in [3.8, 4) is 0 Å². The summed E-state index contributed by atoms with van der Waals surface area (Å²) in [6.45, 7) is 3.55. The number of benzene rings is 2. The van der Waals surface area contributed by atoms with Gasteiger partial charge in [-0.05, 0) is 49.6 Å². The van der Waals surface area contributed by atoms with E-state index < -0.39 is 5.60 Å². The lowest BCUT2D eigenvalue weighted by molar-refractivity contribution is 0.102. The number of aliphatic hydroxyl groups is 1. The summed E-state index contributed by atoms with van der Waals surface area (Å²) in [5, 5.41) is 14.2. The zero-order valence-corrected chi connectivity index (χ0v) is 13.3. The molecule has 0 aliphatic carbocycles. The fourth-order valence-corrected chi connectivity index (χ4v) is 2.52. The molecular weight excluding hydrogens is 272 g/mol. The number of rotatable bonds is 8. The van der Waals surface area contributed by atoms with E-state index in [-0.39, 0.29) is 0 Å². The van der Waals surface area contributed by atoms with Gasteiger partial charge in [0.25, 0.3) is 0 Å². The average molecular weight is 298 g/mol. The van der Waals surface area contributed by atoms with Crippen molar-refractivity contribution in [3.63, 3.8) is 0 Å². The minimum absolute atomic E-state index is 0.767. The maximum atomic E-state index is 10.8. The molecule has 0 aromatic heterocycles. The Morgan fingerprint density at radius 2 is 1.55 bits per heavy atom. The van der Waals surface area contributed by atoms with E-state index in [1.165, 1.54) is 0 Å². The van der Waals surface area contributed by atoms with Crippen LogP contribution in [0.5, 0.6) is 0 Å². The highest BCUT2D eigenvalue weighted by molar-refractivity contribution is 5.47. The van der Waals surface area contributed by atoms with Crippen LogP contribution in [-0.2, 0) is 5.60 Å². The first-order valence-electron chi connectivity index (χ1n) is 7.97. The number of anilines is 1. The molecule has 0 aliphatic rings. The molecule has 3 nitrogen and oxygen atoms in total. The smallest absolute Gasteiger partial charge is 0.112 e. The van der Waals surface area contributed by atoms with E-state index in [1.807, 2.05) is 61.5 Å². The molecule has 0 radical (unpaired) electrons. The van der Waals surface area contributed by atoms with E-state index in [2.05, 4.69) is 5.32 Å². The van der Waals surface area contributed by atoms with Crippen LogP contribution >= 0.6 is 0 Å². The highest BCUT2D eigenvalue weighted by Gasteiger charge is 2.24. The third-order valence-electron chi connectivity index (χ3n) is 3.99. The molecule has 1 unspecified atom stereocenters. The van der Waals surface area contributed by atoms with Crippen molar-refractivity contribution in [3.05, 3.63) is 65.7 Å². The quantitative estimate of drug-likeness (QED) is 0.654. The van der Waals surface area contributed by atoms with Crippen LogP contribution in [0.25, 0.3) is 0 Å². The zero-order chi connectivity index (χ0) is 15.8. The normalized spacial score (nSPS) is 13.6. The molecule has 0 heterocycles. The lowest BCUT2D eigenvalue weighted by Crippen LogP contribution is -2.22. The predicted octanol–water partition coefficient (Wildman–Crippen LogP) is 3.48. The van der Waals surface area contributed by atoms with Crippen molar-refractivity contribution in [1.29, 1.82) is 0 Å². The molecule has 0 bridgehead atoms. The van der Waals surface area contributed by atoms with Crippen LogP contribution in [0.2, 0.25) is 0 Å². The average Bonchev–Trinajstić information content (AvgIpc) is 2.56. The molecule has 2 rings (SSSR count). The maximum Gasteiger partial charge on any atom is 0.112 e. The second-order valence-corrected chi connectivity index (χ2v) is 5.79. The first-order valence-corrected chi connectivity index (χ1v) is 7.97. The summed E-state index contributed by atoms with van der Waals surface area (Å²) in [6.07, 6.45) is 3.37. The van der Waals surface area contributed by atoms with Crippen LogP contribution in [0.4, 0.5) is 5.69 Å². The van der Waals surface area contributed by atoms with E-state index in [4.69, 9.17) is 5.73 Å². The Hall–Kier alpha value is -1.84. The summed E-state index contributed by atoms with van der Waals surface area (Å²) >= 11 is 0. The molecule has 2 aromatic rings. The standard InChI is InChI=1S/C19H26N2O/c1-19(22,16-8-4-2-5-9-16)17-10-12-18(13-11-17)21-15-7-3-6-14-20/h2,4-5,8-13,21-22H,3,6-7,14-15,20H2,1H3. The maximum absolute atomic E-state index is 10.8. The van der Waals surface area contributed by atoms with Crippen LogP contribution in [0.15, 0.2) is 54.6 Å². The Bertz CT molecular complexity index is 549. The van der Waals surface area contributed by atoms with Crippen molar-refractivity contribution in [2.75, 3.05) is 18.4 Å². The Kier molecular flexibility index (Phi) is 5.99. The molecule has 1 atom stereocenters. The SMILES string of the molecule is CC(O)(c1ccccc1)c1ccc(NCCCCCN)cc1. The molecule has 3 heteroatoms. The summed E-state index contributed by atoms with van der Waals surface area (Å²) in [7, 11) is 0. The van der Waals surface area contributed by atoms with E-state index >= 15 is 0 Å². The van der Waals surface area contributed by atoms with E-state index in [0.717, 1.165) is 49.2 Å². The van der Waals surface area contributed by atoms with Crippen molar-refractivity contribution < 1.29 is 5.11 Å². The predicted molar refractivity (Wildman–Crippen MR) is 93.0 cm³/mol. The summed E-state index contributed by atoms with van der Waals surface area (Å²) in [4.78, 5) is 0. The molecule has 0 aliphatic heterocycles. The highest BCUT2D eigenvalue weighted by atomic mass is 16.3. The largest absolute Gasteiger partial charge is 0.385 e. The molecule has 2 aromatic carbocycles. The van der Waals surface area contributed by atoms with Gasteiger partial charge in [0.2, 0.25) is 0 Å². The van der Waals surface area contributed by atoms with Gasteiger partial charge < -0.3 is 16.2 Å². The number of nitrogens with one attached hydrogen (secondary N) is 1. The molecule has 0 saturated heterocycles. The second-order valence-electron chi connectivity index (χ2n) is 5.79. The Balaban J connectivity index is 1.96. The van der Waals surface area contributed by atoms with Gasteiger partial charge in [0.15, 0.2) is 0 Å². The van der Waals surface area contributed by atoms with Crippen molar-refractivity contribution in [2.45, 2.75) is 31.8 Å². The van der Waals surface area contributed by atoms with E-state index in [0.29, 0.717) is 0 Å². The topological polar surface area (TPSA) is 58.3 Å². The third-order valence-corrected chi connectivity index (χ3v) is 3.99. The summed E-state index contributed by atoms with van der Waals surface area (Å²) in [5.74, 6) is 0. The molecular formula is C19H26N2O. The van der Waals surface area contributed by atoms with E-state index in [1.54, 1.807) is 0 Å². The fraction of sp³-hybridized carbons (Fsp3) is 0.368. The first-order chi connectivity index (χ1) is 10.6. The van der Waals surface area contributed by atoms with Gasteiger partial charge in [-0.1, -0.05) is 48.9 Å².